The molecule has 9 heteroatoms. The lowest BCUT2D eigenvalue weighted by molar-refractivity contribution is -0.384. The minimum atomic E-state index is -0.741. The first-order valence-electron chi connectivity index (χ1n) is 10.6. The summed E-state index contributed by atoms with van der Waals surface area (Å²) in [5, 5.41) is 11.4. The van der Waals surface area contributed by atoms with Crippen LogP contribution in [0.15, 0.2) is 72.8 Å². The van der Waals surface area contributed by atoms with Gasteiger partial charge in [-0.3, -0.25) is 24.7 Å². The molecule has 1 aromatic heterocycles. The van der Waals surface area contributed by atoms with Crippen LogP contribution in [0.4, 0.5) is 11.4 Å². The molecule has 0 atom stereocenters. The number of carbonyl (C=O) groups excluding carboxylic acids is 3. The number of hydrogen-bond donors (Lipinski definition) is 0. The number of pyridine rings is 1. The third-order valence-electron chi connectivity index (χ3n) is 5.79. The number of imide groups is 1. The van der Waals surface area contributed by atoms with E-state index in [1.807, 2.05) is 0 Å². The minimum Gasteiger partial charge on any atom is -0.457 e. The Morgan fingerprint density at radius 1 is 0.943 bits per heavy atom. The molecule has 0 fully saturated rings. The number of nitro benzene ring substituents is 1. The number of amides is 2. The summed E-state index contributed by atoms with van der Waals surface area (Å²) < 4.78 is 5.39. The van der Waals surface area contributed by atoms with Gasteiger partial charge in [-0.2, -0.15) is 0 Å². The fraction of sp³-hybridized carbons (Fsp3) is 0.0769. The molecule has 5 rings (SSSR count). The topological polar surface area (TPSA) is 120 Å². The summed E-state index contributed by atoms with van der Waals surface area (Å²) in [7, 11) is 0. The number of para-hydroxylation sites is 2. The lowest BCUT2D eigenvalue weighted by atomic mass is 10.0. The third-order valence-corrected chi connectivity index (χ3v) is 5.79. The molecule has 9 nitrogen and oxygen atoms in total. The van der Waals surface area contributed by atoms with Gasteiger partial charge < -0.3 is 4.74 Å². The van der Waals surface area contributed by atoms with Crippen molar-refractivity contribution in [2.75, 3.05) is 4.90 Å². The van der Waals surface area contributed by atoms with Crippen molar-refractivity contribution in [1.29, 1.82) is 0 Å². The van der Waals surface area contributed by atoms with Crippen LogP contribution in [-0.4, -0.2) is 27.7 Å². The van der Waals surface area contributed by atoms with Gasteiger partial charge in [0.1, 0.15) is 6.61 Å². The molecule has 1 aliphatic heterocycles. The van der Waals surface area contributed by atoms with Crippen molar-refractivity contribution in [3.05, 3.63) is 111 Å². The first-order valence-corrected chi connectivity index (χ1v) is 10.6. The van der Waals surface area contributed by atoms with Crippen molar-refractivity contribution >= 4 is 40.1 Å². The van der Waals surface area contributed by atoms with E-state index in [4.69, 9.17) is 4.74 Å². The van der Waals surface area contributed by atoms with Crippen LogP contribution in [0.1, 0.15) is 42.3 Å². The Morgan fingerprint density at radius 2 is 1.60 bits per heavy atom. The van der Waals surface area contributed by atoms with Crippen molar-refractivity contribution in [3.63, 3.8) is 0 Å². The molecule has 35 heavy (non-hydrogen) atoms. The maximum Gasteiger partial charge on any atom is 0.340 e. The molecule has 0 N–H and O–H groups in total. The first-order chi connectivity index (χ1) is 16.9. The van der Waals surface area contributed by atoms with Gasteiger partial charge in [-0.05, 0) is 42.8 Å². The van der Waals surface area contributed by atoms with Gasteiger partial charge in [-0.15, -0.1) is 0 Å². The Kier molecular flexibility index (Phi) is 5.29. The van der Waals surface area contributed by atoms with Crippen molar-refractivity contribution in [2.45, 2.75) is 13.5 Å². The molecule has 3 aromatic carbocycles. The zero-order valence-corrected chi connectivity index (χ0v) is 18.4. The van der Waals surface area contributed by atoms with Gasteiger partial charge in [0.15, 0.2) is 0 Å². The molecule has 2 amide bonds. The molecule has 2 heterocycles. The van der Waals surface area contributed by atoms with E-state index in [0.717, 1.165) is 4.90 Å². The molecule has 0 saturated carbocycles. The number of aromatic nitrogens is 1. The number of aryl methyl sites for hydroxylation is 1. The van der Waals surface area contributed by atoms with E-state index < -0.39 is 22.7 Å². The Morgan fingerprint density at radius 3 is 2.34 bits per heavy atom. The van der Waals surface area contributed by atoms with Gasteiger partial charge in [-0.25, -0.2) is 9.69 Å². The summed E-state index contributed by atoms with van der Waals surface area (Å²) in [6, 6.07) is 18.9. The molecular weight excluding hydrogens is 450 g/mol. The molecule has 0 bridgehead atoms. The largest absolute Gasteiger partial charge is 0.457 e. The number of benzene rings is 3. The predicted octanol–water partition coefficient (Wildman–Crippen LogP) is 4.61. The number of nitro groups is 1. The normalized spacial score (nSPS) is 12.7. The number of ether oxygens (including phenoxy) is 1. The molecule has 172 valence electrons. The highest BCUT2D eigenvalue weighted by atomic mass is 16.6. The zero-order chi connectivity index (χ0) is 24.7. The van der Waals surface area contributed by atoms with E-state index in [1.54, 1.807) is 43.3 Å². The van der Waals surface area contributed by atoms with Gasteiger partial charge in [0, 0.05) is 17.5 Å². The monoisotopic (exact) mass is 467 g/mol. The molecular formula is C26H17N3O6. The van der Waals surface area contributed by atoms with E-state index in [1.165, 1.54) is 36.4 Å². The molecule has 0 saturated heterocycles. The quantitative estimate of drug-likeness (QED) is 0.182. The van der Waals surface area contributed by atoms with Crippen LogP contribution < -0.4 is 4.90 Å². The number of non-ortho nitro benzene ring substituents is 1. The van der Waals surface area contributed by atoms with Crippen LogP contribution in [0, 0.1) is 17.0 Å². The number of rotatable bonds is 5. The summed E-state index contributed by atoms with van der Waals surface area (Å²) in [6.45, 7) is 1.53. The average Bonchev–Trinajstić information content (AvgIpc) is 3.13. The highest BCUT2D eigenvalue weighted by Crippen LogP contribution is 2.35. The van der Waals surface area contributed by atoms with Crippen LogP contribution in [0.25, 0.3) is 10.9 Å². The summed E-state index contributed by atoms with van der Waals surface area (Å²) in [6.07, 6.45) is 0. The van der Waals surface area contributed by atoms with Crippen molar-refractivity contribution in [3.8, 4) is 0 Å². The van der Waals surface area contributed by atoms with E-state index in [-0.39, 0.29) is 34.7 Å². The second-order valence-corrected chi connectivity index (χ2v) is 7.93. The SMILES string of the molecule is Cc1nc2ccccc2c2c1C(=O)N(c1ccccc1C(=O)OCc1ccc([N+](=O)[O-])cc1)C2=O. The maximum absolute atomic E-state index is 13.5. The summed E-state index contributed by atoms with van der Waals surface area (Å²) in [4.78, 5) is 55.5. The fourth-order valence-electron chi connectivity index (χ4n) is 4.13. The van der Waals surface area contributed by atoms with Gasteiger partial charge in [0.25, 0.3) is 17.5 Å². The molecule has 0 radical (unpaired) electrons. The van der Waals surface area contributed by atoms with Gasteiger partial charge >= 0.3 is 5.97 Å². The number of hydrogen-bond acceptors (Lipinski definition) is 7. The average molecular weight is 467 g/mol. The molecule has 4 aromatic rings. The Balaban J connectivity index is 1.47. The number of nitrogens with zero attached hydrogens (tertiary/aromatic N) is 3. The smallest absolute Gasteiger partial charge is 0.340 e. The van der Waals surface area contributed by atoms with Crippen molar-refractivity contribution in [1.82, 2.24) is 4.98 Å². The lowest BCUT2D eigenvalue weighted by Crippen LogP contribution is -2.31. The van der Waals surface area contributed by atoms with Crippen LogP contribution in [0.3, 0.4) is 0 Å². The summed E-state index contributed by atoms with van der Waals surface area (Å²) >= 11 is 0. The fourth-order valence-corrected chi connectivity index (χ4v) is 4.13. The predicted molar refractivity (Wildman–Crippen MR) is 126 cm³/mol. The first kappa shape index (κ1) is 21.9. The lowest BCUT2D eigenvalue weighted by Gasteiger charge is -2.17. The number of fused-ring (bicyclic) bond motifs is 3. The molecule has 1 aliphatic rings. The van der Waals surface area contributed by atoms with Crippen LogP contribution in [-0.2, 0) is 11.3 Å². The van der Waals surface area contributed by atoms with Crippen molar-refractivity contribution in [2.24, 2.45) is 0 Å². The van der Waals surface area contributed by atoms with Crippen LogP contribution in [0.2, 0.25) is 0 Å². The highest BCUT2D eigenvalue weighted by Gasteiger charge is 2.41. The standard InChI is InChI=1S/C26H17N3O6/c1-15-22-23(18-6-2-4-8-20(18)27-15)25(31)28(24(22)30)21-9-5-3-7-19(21)26(32)35-14-16-10-12-17(13-11-16)29(33)34/h2-13H,14H2,1H3. The Hall–Kier alpha value is -4.92. The maximum atomic E-state index is 13.5. The molecule has 0 unspecified atom stereocenters. The zero-order valence-electron chi connectivity index (χ0n) is 18.4. The summed E-state index contributed by atoms with van der Waals surface area (Å²) in [5.41, 5.74) is 2.12. The van der Waals surface area contributed by atoms with Gasteiger partial charge in [0.2, 0.25) is 0 Å². The van der Waals surface area contributed by atoms with Gasteiger partial charge in [-0.1, -0.05) is 30.3 Å². The molecule has 0 spiro atoms. The molecule has 0 aliphatic carbocycles. The van der Waals surface area contributed by atoms with Crippen molar-refractivity contribution < 1.29 is 24.0 Å². The van der Waals surface area contributed by atoms with E-state index in [2.05, 4.69) is 4.98 Å². The Labute approximate surface area is 198 Å². The van der Waals surface area contributed by atoms with E-state index >= 15 is 0 Å². The number of anilines is 1. The number of esters is 1. The van der Waals surface area contributed by atoms with E-state index in [0.29, 0.717) is 22.2 Å². The third kappa shape index (κ3) is 3.68. The second kappa shape index (κ2) is 8.45. The van der Waals surface area contributed by atoms with E-state index in [9.17, 15) is 24.5 Å². The van der Waals surface area contributed by atoms with Crippen LogP contribution >= 0.6 is 0 Å². The summed E-state index contributed by atoms with van der Waals surface area (Å²) in [5.74, 6) is -1.84. The highest BCUT2D eigenvalue weighted by molar-refractivity contribution is 6.38. The number of carbonyl (C=O) groups is 3. The van der Waals surface area contributed by atoms with Crippen LogP contribution in [0.5, 0.6) is 0 Å². The Bertz CT molecular complexity index is 1550. The van der Waals surface area contributed by atoms with Gasteiger partial charge in [0.05, 0.1) is 38.5 Å². The second-order valence-electron chi connectivity index (χ2n) is 7.93. The minimum absolute atomic E-state index is 0.0406.